The van der Waals surface area contributed by atoms with Gasteiger partial charge in [0, 0.05) is 35.9 Å². The number of ether oxygens (including phenoxy) is 2. The topological polar surface area (TPSA) is 149 Å². The Bertz CT molecular complexity index is 1630. The second-order valence-corrected chi connectivity index (χ2v) is 11.3. The molecule has 0 saturated carbocycles. The number of carbonyl (C=O) groups excluding carboxylic acids is 2. The molecular weight excluding hydrogens is 566 g/mol. The first-order valence-corrected chi connectivity index (χ1v) is 14.7. The first-order chi connectivity index (χ1) is 19.7. The van der Waals surface area contributed by atoms with E-state index in [1.165, 1.54) is 36.0 Å². The molecule has 1 aromatic heterocycles. The van der Waals surface area contributed by atoms with Gasteiger partial charge in [0.25, 0.3) is 10.0 Å². The summed E-state index contributed by atoms with van der Waals surface area (Å²) in [5.41, 5.74) is 3.31. The van der Waals surface area contributed by atoms with Crippen LogP contribution in [0.25, 0.3) is 22.5 Å². The van der Waals surface area contributed by atoms with Gasteiger partial charge in [-0.15, -0.1) is 10.2 Å². The fourth-order valence-corrected chi connectivity index (χ4v) is 5.40. The summed E-state index contributed by atoms with van der Waals surface area (Å²) < 4.78 is 36.6. The van der Waals surface area contributed by atoms with Gasteiger partial charge in [-0.05, 0) is 72.8 Å². The molecule has 13 heteroatoms. The number of benzene rings is 3. The Balaban J connectivity index is 1.44. The molecule has 1 heterocycles. The number of nitrogens with one attached hydrogen (secondary N) is 2. The van der Waals surface area contributed by atoms with Crippen LogP contribution in [0.1, 0.15) is 13.3 Å². The summed E-state index contributed by atoms with van der Waals surface area (Å²) in [6.45, 7) is 1.11. The van der Waals surface area contributed by atoms with Crippen LogP contribution in [-0.4, -0.2) is 55.4 Å². The molecule has 11 nitrogen and oxygen atoms in total. The lowest BCUT2D eigenvalue weighted by molar-refractivity contribution is -0.117. The third-order valence-electron chi connectivity index (χ3n) is 5.68. The summed E-state index contributed by atoms with van der Waals surface area (Å²) in [6, 6.07) is 20.4. The minimum Gasteiger partial charge on any atom is -0.497 e. The van der Waals surface area contributed by atoms with E-state index in [2.05, 4.69) is 15.5 Å². The maximum atomic E-state index is 12.5. The smallest absolute Gasteiger partial charge is 0.264 e. The molecule has 0 aliphatic carbocycles. The van der Waals surface area contributed by atoms with E-state index in [-0.39, 0.29) is 17.2 Å². The third kappa shape index (κ3) is 7.80. The van der Waals surface area contributed by atoms with E-state index in [4.69, 9.17) is 14.5 Å². The number of sulfonamides is 1. The summed E-state index contributed by atoms with van der Waals surface area (Å²) in [5, 5.41) is 11.9. The van der Waals surface area contributed by atoms with Crippen LogP contribution < -0.4 is 19.5 Å². The Labute approximate surface area is 241 Å². The lowest BCUT2D eigenvalue weighted by Crippen LogP contribution is -2.28. The number of amides is 2. The van der Waals surface area contributed by atoms with E-state index >= 15 is 0 Å². The fourth-order valence-electron chi connectivity index (χ4n) is 3.69. The van der Waals surface area contributed by atoms with E-state index in [0.717, 1.165) is 23.8 Å². The molecule has 212 valence electrons. The molecule has 4 aromatic rings. The summed E-state index contributed by atoms with van der Waals surface area (Å²) in [4.78, 5) is 28.3. The van der Waals surface area contributed by atoms with Crippen molar-refractivity contribution < 1.29 is 27.5 Å². The molecular formula is C28H27N5O6S2. The number of carbonyl (C=O) groups is 2. The second-order valence-electron chi connectivity index (χ2n) is 8.58. The third-order valence-corrected chi connectivity index (χ3v) is 7.97. The van der Waals surface area contributed by atoms with Crippen LogP contribution in [0.15, 0.2) is 82.8 Å². The zero-order chi connectivity index (χ0) is 29.4. The molecule has 0 atom stereocenters. The summed E-state index contributed by atoms with van der Waals surface area (Å²) >= 11 is 1.29. The molecule has 0 spiro atoms. The Kier molecular flexibility index (Phi) is 9.53. The minimum atomic E-state index is -3.95. The Morgan fingerprint density at radius 1 is 0.805 bits per heavy atom. The highest BCUT2D eigenvalue weighted by Gasteiger charge is 2.17. The highest BCUT2D eigenvalue weighted by molar-refractivity contribution is 7.99. The van der Waals surface area contributed by atoms with Crippen molar-refractivity contribution in [2.75, 3.05) is 25.3 Å². The molecule has 3 aromatic carbocycles. The van der Waals surface area contributed by atoms with Crippen molar-refractivity contribution in [3.05, 3.63) is 72.8 Å². The van der Waals surface area contributed by atoms with Gasteiger partial charge in [-0.3, -0.25) is 9.59 Å². The quantitative estimate of drug-likeness (QED) is 0.243. The molecule has 0 bridgehead atoms. The van der Waals surface area contributed by atoms with Gasteiger partial charge in [0.1, 0.15) is 22.9 Å². The minimum absolute atomic E-state index is 0.0864. The van der Waals surface area contributed by atoms with Crippen molar-refractivity contribution >= 4 is 39.3 Å². The van der Waals surface area contributed by atoms with Crippen molar-refractivity contribution in [3.63, 3.8) is 0 Å². The van der Waals surface area contributed by atoms with Crippen molar-refractivity contribution in [2.24, 2.45) is 0 Å². The monoisotopic (exact) mass is 593 g/mol. The maximum absolute atomic E-state index is 12.5. The molecule has 2 amide bonds. The normalized spacial score (nSPS) is 11.0. The fraction of sp³-hybridized carbons (Fsp3) is 0.179. The van der Waals surface area contributed by atoms with E-state index in [9.17, 15) is 18.0 Å². The van der Waals surface area contributed by atoms with Crippen LogP contribution in [0, 0.1) is 0 Å². The predicted molar refractivity (Wildman–Crippen MR) is 155 cm³/mol. The molecule has 0 aliphatic rings. The van der Waals surface area contributed by atoms with Gasteiger partial charge in [-0.25, -0.2) is 18.1 Å². The zero-order valence-electron chi connectivity index (χ0n) is 22.5. The van der Waals surface area contributed by atoms with Crippen LogP contribution in [0.2, 0.25) is 0 Å². The summed E-state index contributed by atoms with van der Waals surface area (Å²) in [5.74, 6) is 0.856. The number of hydrogen-bond acceptors (Lipinski definition) is 10. The molecule has 0 fully saturated rings. The van der Waals surface area contributed by atoms with Crippen molar-refractivity contribution in [2.45, 2.75) is 23.4 Å². The number of thioether (sulfide) groups is 1. The number of nitrogens with zero attached hydrogens (tertiary/aromatic N) is 3. The first kappa shape index (κ1) is 29.5. The van der Waals surface area contributed by atoms with Gasteiger partial charge in [-0.1, -0.05) is 11.8 Å². The van der Waals surface area contributed by atoms with Gasteiger partial charge in [-0.2, -0.15) is 0 Å². The standard InChI is InChI=1S/C28H27N5O6S2/c1-18(34)33-41(36,37)24-14-8-21(9-15-24)29-25(35)16-17-40-28-30-26(19-4-10-22(38-2)11-5-19)27(31-32-28)20-6-12-23(39-3)13-7-20/h4-15H,16-17H2,1-3H3,(H,29,35)(H,33,34). The van der Waals surface area contributed by atoms with Crippen LogP contribution in [0.3, 0.4) is 0 Å². The van der Waals surface area contributed by atoms with Crippen LogP contribution in [-0.2, 0) is 19.6 Å². The SMILES string of the molecule is COc1ccc(-c2nnc(SCCC(=O)Nc3ccc(S(=O)(=O)NC(C)=O)cc3)nc2-c2ccc(OC)cc2)cc1. The van der Waals surface area contributed by atoms with Crippen LogP contribution in [0.5, 0.6) is 11.5 Å². The van der Waals surface area contributed by atoms with Crippen molar-refractivity contribution in [1.29, 1.82) is 0 Å². The largest absolute Gasteiger partial charge is 0.497 e. The highest BCUT2D eigenvalue weighted by Crippen LogP contribution is 2.32. The Morgan fingerprint density at radius 2 is 1.37 bits per heavy atom. The molecule has 0 aliphatic heterocycles. The van der Waals surface area contributed by atoms with E-state index in [0.29, 0.717) is 33.7 Å². The number of aromatic nitrogens is 3. The van der Waals surface area contributed by atoms with E-state index in [1.807, 2.05) is 53.3 Å². The van der Waals surface area contributed by atoms with Gasteiger partial charge in [0.2, 0.25) is 17.0 Å². The highest BCUT2D eigenvalue weighted by atomic mass is 32.2. The summed E-state index contributed by atoms with van der Waals surface area (Å²) in [7, 11) is -0.747. The summed E-state index contributed by atoms with van der Waals surface area (Å²) in [6.07, 6.45) is 0.151. The number of hydrogen-bond donors (Lipinski definition) is 2. The van der Waals surface area contributed by atoms with Gasteiger partial charge in [0.05, 0.1) is 19.1 Å². The number of anilines is 1. The Hall–Kier alpha value is -4.49. The zero-order valence-corrected chi connectivity index (χ0v) is 24.1. The molecule has 4 rings (SSSR count). The second kappa shape index (κ2) is 13.2. The predicted octanol–water partition coefficient (Wildman–Crippen LogP) is 4.17. The molecule has 41 heavy (non-hydrogen) atoms. The first-order valence-electron chi connectivity index (χ1n) is 12.3. The van der Waals surface area contributed by atoms with E-state index < -0.39 is 15.9 Å². The van der Waals surface area contributed by atoms with E-state index in [1.54, 1.807) is 14.2 Å². The molecule has 0 unspecified atom stereocenters. The van der Waals surface area contributed by atoms with Crippen molar-refractivity contribution in [1.82, 2.24) is 19.9 Å². The Morgan fingerprint density at radius 3 is 1.90 bits per heavy atom. The molecule has 0 saturated heterocycles. The van der Waals surface area contributed by atoms with Gasteiger partial charge in [0.15, 0.2) is 0 Å². The average molecular weight is 594 g/mol. The maximum Gasteiger partial charge on any atom is 0.264 e. The molecule has 2 N–H and O–H groups in total. The van der Waals surface area contributed by atoms with Gasteiger partial charge >= 0.3 is 0 Å². The number of methoxy groups -OCH3 is 2. The van der Waals surface area contributed by atoms with Gasteiger partial charge < -0.3 is 14.8 Å². The number of rotatable bonds is 11. The van der Waals surface area contributed by atoms with Crippen molar-refractivity contribution in [3.8, 4) is 34.0 Å². The van der Waals surface area contributed by atoms with Crippen LogP contribution in [0.4, 0.5) is 5.69 Å². The average Bonchev–Trinajstić information content (AvgIpc) is 2.97. The van der Waals surface area contributed by atoms with Crippen LogP contribution >= 0.6 is 11.8 Å². The molecule has 0 radical (unpaired) electrons. The lowest BCUT2D eigenvalue weighted by atomic mass is 10.0. The lowest BCUT2D eigenvalue weighted by Gasteiger charge is -2.11.